The normalized spacial score (nSPS) is 17.4. The summed E-state index contributed by atoms with van der Waals surface area (Å²) in [5.74, 6) is 0.363. The van der Waals surface area contributed by atoms with E-state index in [1.807, 2.05) is 37.4 Å². The summed E-state index contributed by atoms with van der Waals surface area (Å²) in [6.07, 6.45) is 4.43. The fourth-order valence-corrected chi connectivity index (χ4v) is 7.24. The molecule has 2 aromatic heterocycles. The third kappa shape index (κ3) is 8.84. The SMILES string of the molecule is CC1CCN(C)CC1NS(=O)(=O)c1ccc(-c2cc3cn(-c4ccc(CN(CCCN)CCCN=C(N)N)cc4)c(=O)nc3[nH]2)cc1. The lowest BCUT2D eigenvalue weighted by Gasteiger charge is -2.35. The number of aromatic nitrogens is 3. The Morgan fingerprint density at radius 2 is 1.83 bits per heavy atom. The van der Waals surface area contributed by atoms with E-state index < -0.39 is 15.7 Å². The van der Waals surface area contributed by atoms with E-state index >= 15 is 0 Å². The van der Waals surface area contributed by atoms with Crippen LogP contribution in [0.25, 0.3) is 28.0 Å². The largest absolute Gasteiger partial charge is 0.370 e. The van der Waals surface area contributed by atoms with Crippen molar-refractivity contribution in [1.82, 2.24) is 29.1 Å². The van der Waals surface area contributed by atoms with E-state index in [-0.39, 0.29) is 22.8 Å². The maximum absolute atomic E-state index is 13.1. The van der Waals surface area contributed by atoms with E-state index in [2.05, 4.69) is 36.4 Å². The number of hydrogen-bond acceptors (Lipinski definition) is 8. The molecule has 14 heteroatoms. The number of aromatic amines is 1. The quantitative estimate of drug-likeness (QED) is 0.0761. The van der Waals surface area contributed by atoms with Gasteiger partial charge in [-0.25, -0.2) is 17.9 Å². The van der Waals surface area contributed by atoms with Gasteiger partial charge in [-0.3, -0.25) is 14.5 Å². The van der Waals surface area contributed by atoms with Crippen LogP contribution in [0.15, 0.2) is 75.5 Å². The van der Waals surface area contributed by atoms with Gasteiger partial charge in [-0.05, 0) is 93.3 Å². The second-order valence-electron chi connectivity index (χ2n) is 12.4. The van der Waals surface area contributed by atoms with Crippen LogP contribution in [0.1, 0.15) is 31.7 Å². The summed E-state index contributed by atoms with van der Waals surface area (Å²) in [7, 11) is -1.66. The Hall–Kier alpha value is -4.08. The summed E-state index contributed by atoms with van der Waals surface area (Å²) in [6, 6.07) is 16.4. The fraction of sp³-hybridized carbons (Fsp3) is 0.424. The van der Waals surface area contributed by atoms with Gasteiger partial charge >= 0.3 is 5.69 Å². The van der Waals surface area contributed by atoms with E-state index in [4.69, 9.17) is 17.2 Å². The van der Waals surface area contributed by atoms with Gasteiger partial charge in [-0.2, -0.15) is 4.98 Å². The Labute approximate surface area is 275 Å². The minimum absolute atomic E-state index is 0.0977. The van der Waals surface area contributed by atoms with Crippen LogP contribution in [0.3, 0.4) is 0 Å². The third-order valence-corrected chi connectivity index (χ3v) is 10.2. The highest BCUT2D eigenvalue weighted by molar-refractivity contribution is 7.89. The number of sulfonamides is 1. The molecular weight excluding hydrogens is 616 g/mol. The lowest BCUT2D eigenvalue weighted by molar-refractivity contribution is 0.191. The molecule has 5 rings (SSSR count). The molecule has 0 radical (unpaired) electrons. The molecule has 1 saturated heterocycles. The number of fused-ring (bicyclic) bond motifs is 1. The van der Waals surface area contributed by atoms with Crippen molar-refractivity contribution in [3.63, 3.8) is 0 Å². The number of hydrogen-bond donors (Lipinski definition) is 5. The smallest absolute Gasteiger partial charge is 0.354 e. The number of nitrogens with two attached hydrogens (primary N) is 3. The first-order chi connectivity index (χ1) is 22.5. The topological polar surface area (TPSA) is 194 Å². The zero-order chi connectivity index (χ0) is 33.6. The zero-order valence-electron chi connectivity index (χ0n) is 27.1. The standard InChI is InChI=1S/C33H46N10O3S/c1-23-13-18-41(2)22-30(23)40-47(45,46)28-11-7-25(8-12-28)29-19-26-21-43(33(44)39-31(26)38-29)27-9-5-24(6-10-27)20-42(16-3-14-34)17-4-15-37-32(35)36/h5-12,19,21,23,30,40H,3-4,13-18,20,22,34H2,1-2H3,(H4,35,36,37)(H,38,39,44). The summed E-state index contributed by atoms with van der Waals surface area (Å²) >= 11 is 0. The Balaban J connectivity index is 1.28. The van der Waals surface area contributed by atoms with Gasteiger partial charge in [0.05, 0.1) is 10.6 Å². The fourth-order valence-electron chi connectivity index (χ4n) is 5.91. The molecule has 2 aromatic carbocycles. The van der Waals surface area contributed by atoms with Crippen molar-refractivity contribution >= 4 is 27.0 Å². The number of guanidine groups is 1. The van der Waals surface area contributed by atoms with Crippen LogP contribution in [-0.2, 0) is 16.6 Å². The molecule has 252 valence electrons. The molecule has 3 heterocycles. The summed E-state index contributed by atoms with van der Waals surface area (Å²) < 4.78 is 30.7. The molecule has 1 aliphatic rings. The number of rotatable bonds is 14. The monoisotopic (exact) mass is 662 g/mol. The second kappa shape index (κ2) is 15.2. The predicted molar refractivity (Wildman–Crippen MR) is 187 cm³/mol. The van der Waals surface area contributed by atoms with Crippen LogP contribution in [-0.4, -0.2) is 91.1 Å². The molecule has 0 amide bonds. The molecule has 2 atom stereocenters. The molecular formula is C33H46N10O3S. The van der Waals surface area contributed by atoms with Crippen molar-refractivity contribution in [3.8, 4) is 16.9 Å². The van der Waals surface area contributed by atoms with Crippen molar-refractivity contribution in [2.75, 3.05) is 46.3 Å². The number of likely N-dealkylation sites (N-methyl/N-ethyl adjacent to an activating group) is 1. The number of nitrogens with zero attached hydrogens (tertiary/aromatic N) is 5. The number of nitrogens with one attached hydrogen (secondary N) is 2. The van der Waals surface area contributed by atoms with Gasteiger partial charge in [0.2, 0.25) is 10.0 Å². The summed E-state index contributed by atoms with van der Waals surface area (Å²) in [4.78, 5) is 29.3. The Kier molecular flexibility index (Phi) is 11.1. The van der Waals surface area contributed by atoms with Crippen molar-refractivity contribution in [3.05, 3.63) is 76.8 Å². The summed E-state index contributed by atoms with van der Waals surface area (Å²) in [5.41, 5.74) is 20.0. The number of piperidine rings is 1. The van der Waals surface area contributed by atoms with Crippen LogP contribution in [0.5, 0.6) is 0 Å². The Bertz CT molecular complexity index is 1830. The highest BCUT2D eigenvalue weighted by atomic mass is 32.2. The molecule has 1 aliphatic heterocycles. The molecule has 1 fully saturated rings. The highest BCUT2D eigenvalue weighted by Crippen LogP contribution is 2.25. The summed E-state index contributed by atoms with van der Waals surface area (Å²) in [6.45, 7) is 7.36. The Morgan fingerprint density at radius 1 is 1.11 bits per heavy atom. The van der Waals surface area contributed by atoms with E-state index in [1.54, 1.807) is 30.5 Å². The first-order valence-electron chi connectivity index (χ1n) is 16.0. The number of aliphatic imine (C=N–C) groups is 1. The first kappa shape index (κ1) is 34.3. The number of benzene rings is 2. The van der Waals surface area contributed by atoms with Crippen LogP contribution in [0.4, 0.5) is 0 Å². The molecule has 4 aromatic rings. The van der Waals surface area contributed by atoms with E-state index in [0.29, 0.717) is 31.0 Å². The van der Waals surface area contributed by atoms with Crippen molar-refractivity contribution in [2.45, 2.75) is 43.7 Å². The molecule has 47 heavy (non-hydrogen) atoms. The Morgan fingerprint density at radius 3 is 2.53 bits per heavy atom. The van der Waals surface area contributed by atoms with E-state index in [1.165, 1.54) is 4.57 Å². The summed E-state index contributed by atoms with van der Waals surface area (Å²) in [5, 5.41) is 0.756. The third-order valence-electron chi connectivity index (χ3n) is 8.68. The van der Waals surface area contributed by atoms with Gasteiger partial charge in [0, 0.05) is 49.5 Å². The molecule has 13 nitrogen and oxygen atoms in total. The van der Waals surface area contributed by atoms with Gasteiger partial charge in [-0.15, -0.1) is 0 Å². The molecule has 0 bridgehead atoms. The minimum Gasteiger partial charge on any atom is -0.370 e. The maximum Gasteiger partial charge on any atom is 0.354 e. The van der Waals surface area contributed by atoms with Crippen LogP contribution in [0, 0.1) is 5.92 Å². The van der Waals surface area contributed by atoms with Crippen LogP contribution < -0.4 is 27.6 Å². The lowest BCUT2D eigenvalue weighted by Crippen LogP contribution is -2.50. The van der Waals surface area contributed by atoms with Crippen LogP contribution in [0.2, 0.25) is 0 Å². The van der Waals surface area contributed by atoms with Gasteiger partial charge in [0.1, 0.15) is 5.65 Å². The average Bonchev–Trinajstić information content (AvgIpc) is 3.46. The number of H-pyrrole nitrogens is 1. The van der Waals surface area contributed by atoms with Crippen molar-refractivity contribution < 1.29 is 8.42 Å². The van der Waals surface area contributed by atoms with E-state index in [9.17, 15) is 13.2 Å². The maximum atomic E-state index is 13.1. The van der Waals surface area contributed by atoms with Gasteiger partial charge in [0.25, 0.3) is 0 Å². The molecule has 2 unspecified atom stereocenters. The molecule has 8 N–H and O–H groups in total. The molecule has 0 saturated carbocycles. The average molecular weight is 663 g/mol. The van der Waals surface area contributed by atoms with Crippen LogP contribution >= 0.6 is 0 Å². The second-order valence-corrected chi connectivity index (χ2v) is 14.1. The molecule has 0 aliphatic carbocycles. The van der Waals surface area contributed by atoms with Crippen molar-refractivity contribution in [2.24, 2.45) is 28.1 Å². The predicted octanol–water partition coefficient (Wildman–Crippen LogP) is 1.81. The first-order valence-corrected chi connectivity index (χ1v) is 17.5. The highest BCUT2D eigenvalue weighted by Gasteiger charge is 2.29. The van der Waals surface area contributed by atoms with Gasteiger partial charge in [0.15, 0.2) is 5.96 Å². The number of likely N-dealkylation sites (tertiary alicyclic amines) is 1. The zero-order valence-corrected chi connectivity index (χ0v) is 27.9. The van der Waals surface area contributed by atoms with Crippen molar-refractivity contribution in [1.29, 1.82) is 0 Å². The van der Waals surface area contributed by atoms with Gasteiger partial charge in [-0.1, -0.05) is 31.2 Å². The minimum atomic E-state index is -3.67. The molecule has 0 spiro atoms. The van der Waals surface area contributed by atoms with E-state index in [0.717, 1.165) is 67.6 Å². The lowest BCUT2D eigenvalue weighted by atomic mass is 9.95. The van der Waals surface area contributed by atoms with Gasteiger partial charge < -0.3 is 27.1 Å².